The van der Waals surface area contributed by atoms with E-state index < -0.39 is 27.3 Å². The minimum Gasteiger partial charge on any atom is -0.480 e. The normalized spacial score (nSPS) is 13.5. The lowest BCUT2D eigenvalue weighted by Gasteiger charge is -2.21. The molecular weight excluding hydrogens is 371 g/mol. The Bertz CT molecular complexity index is 796. The lowest BCUT2D eigenvalue weighted by atomic mass is 10.1. The van der Waals surface area contributed by atoms with Crippen molar-refractivity contribution >= 4 is 21.6 Å². The Morgan fingerprint density at radius 3 is 2.25 bits per heavy atom. The second kappa shape index (κ2) is 6.91. The van der Waals surface area contributed by atoms with E-state index in [1.807, 2.05) is 0 Å². The average molecular weight is 382 g/mol. The van der Waals surface area contributed by atoms with Gasteiger partial charge in [0, 0.05) is 5.02 Å². The number of halogens is 4. The number of benzene rings is 1. The van der Waals surface area contributed by atoms with Crippen LogP contribution in [0.3, 0.4) is 0 Å². The van der Waals surface area contributed by atoms with E-state index in [-0.39, 0.29) is 16.5 Å². The predicted octanol–water partition coefficient (Wildman–Crippen LogP) is 2.72. The highest BCUT2D eigenvalue weighted by molar-refractivity contribution is 7.89. The number of aromatic nitrogens is 2. The number of sulfonamides is 1. The SMILES string of the molecule is COc1cnc(S(=O)(=O)N[C@H](c2ccc(Cl)cc2)C(F)(F)F)cn1. The number of hydrogen-bond donors (Lipinski definition) is 1. The molecule has 2 rings (SSSR count). The average Bonchev–Trinajstić information content (AvgIpc) is 2.53. The van der Waals surface area contributed by atoms with Crippen LogP contribution in [0.25, 0.3) is 0 Å². The van der Waals surface area contributed by atoms with Crippen LogP contribution < -0.4 is 9.46 Å². The summed E-state index contributed by atoms with van der Waals surface area (Å²) in [6.45, 7) is 0. The monoisotopic (exact) mass is 381 g/mol. The van der Waals surface area contributed by atoms with Crippen molar-refractivity contribution in [3.8, 4) is 5.88 Å². The van der Waals surface area contributed by atoms with Gasteiger partial charge in [-0.1, -0.05) is 23.7 Å². The van der Waals surface area contributed by atoms with Gasteiger partial charge in [-0.05, 0) is 17.7 Å². The van der Waals surface area contributed by atoms with Gasteiger partial charge in [-0.2, -0.15) is 17.9 Å². The molecule has 0 aliphatic heterocycles. The molecule has 1 heterocycles. The molecule has 0 saturated heterocycles. The first-order chi connectivity index (χ1) is 11.1. The minimum absolute atomic E-state index is 0.0269. The van der Waals surface area contributed by atoms with E-state index in [0.717, 1.165) is 24.5 Å². The van der Waals surface area contributed by atoms with E-state index in [9.17, 15) is 21.6 Å². The topological polar surface area (TPSA) is 81.2 Å². The Hall–Kier alpha value is -1.91. The third-order valence-electron chi connectivity index (χ3n) is 2.89. The molecule has 130 valence electrons. The summed E-state index contributed by atoms with van der Waals surface area (Å²) < 4.78 is 70.4. The summed E-state index contributed by atoms with van der Waals surface area (Å²) in [5, 5.41) is -0.435. The molecule has 0 amide bonds. The van der Waals surface area contributed by atoms with Gasteiger partial charge in [0.15, 0.2) is 5.03 Å². The van der Waals surface area contributed by atoms with Crippen LogP contribution in [-0.2, 0) is 10.0 Å². The fourth-order valence-electron chi connectivity index (χ4n) is 1.74. The van der Waals surface area contributed by atoms with Crippen molar-refractivity contribution in [2.45, 2.75) is 17.2 Å². The number of alkyl halides is 3. The zero-order valence-corrected chi connectivity index (χ0v) is 13.7. The Kier molecular flexibility index (Phi) is 5.31. The molecule has 0 aliphatic carbocycles. The Morgan fingerprint density at radius 2 is 1.79 bits per heavy atom. The van der Waals surface area contributed by atoms with E-state index in [1.54, 1.807) is 4.72 Å². The lowest BCUT2D eigenvalue weighted by molar-refractivity contribution is -0.153. The van der Waals surface area contributed by atoms with Gasteiger partial charge < -0.3 is 4.74 Å². The first-order valence-corrected chi connectivity index (χ1v) is 8.20. The van der Waals surface area contributed by atoms with E-state index in [1.165, 1.54) is 19.2 Å². The molecule has 0 fully saturated rings. The van der Waals surface area contributed by atoms with Crippen LogP contribution in [-0.4, -0.2) is 31.7 Å². The van der Waals surface area contributed by atoms with Gasteiger partial charge in [0.05, 0.1) is 19.5 Å². The van der Waals surface area contributed by atoms with Crippen LogP contribution >= 0.6 is 11.6 Å². The van der Waals surface area contributed by atoms with Crippen molar-refractivity contribution in [3.05, 3.63) is 47.2 Å². The minimum atomic E-state index is -4.86. The van der Waals surface area contributed by atoms with Gasteiger partial charge in [0.2, 0.25) is 5.88 Å². The van der Waals surface area contributed by atoms with Gasteiger partial charge in [-0.25, -0.2) is 18.4 Å². The van der Waals surface area contributed by atoms with Crippen molar-refractivity contribution in [2.24, 2.45) is 0 Å². The van der Waals surface area contributed by atoms with Gasteiger partial charge in [0.25, 0.3) is 10.0 Å². The van der Waals surface area contributed by atoms with Gasteiger partial charge in [-0.3, -0.25) is 0 Å². The van der Waals surface area contributed by atoms with E-state index in [0.29, 0.717) is 0 Å². The van der Waals surface area contributed by atoms with Gasteiger partial charge in [-0.15, -0.1) is 0 Å². The zero-order chi connectivity index (χ0) is 18.0. The maximum absolute atomic E-state index is 13.3. The highest BCUT2D eigenvalue weighted by Gasteiger charge is 2.43. The maximum atomic E-state index is 13.3. The second-order valence-corrected chi connectivity index (χ2v) is 6.64. The smallest absolute Gasteiger partial charge is 0.408 e. The molecule has 0 bridgehead atoms. The van der Waals surface area contributed by atoms with Crippen molar-refractivity contribution in [1.29, 1.82) is 0 Å². The van der Waals surface area contributed by atoms with Crippen molar-refractivity contribution < 1.29 is 26.3 Å². The van der Waals surface area contributed by atoms with Crippen LogP contribution in [0.2, 0.25) is 5.02 Å². The summed E-state index contributed by atoms with van der Waals surface area (Å²) >= 11 is 5.64. The molecule has 1 aromatic heterocycles. The molecule has 0 unspecified atom stereocenters. The lowest BCUT2D eigenvalue weighted by Crippen LogP contribution is -2.38. The Labute approximate surface area is 140 Å². The summed E-state index contributed by atoms with van der Waals surface area (Å²) in [5.41, 5.74) is -0.308. The molecule has 1 N–H and O–H groups in total. The molecule has 6 nitrogen and oxygen atoms in total. The predicted molar refractivity (Wildman–Crippen MR) is 79.2 cm³/mol. The highest BCUT2D eigenvalue weighted by Crippen LogP contribution is 2.34. The number of ether oxygens (including phenoxy) is 1. The van der Waals surface area contributed by atoms with Crippen LogP contribution in [0.15, 0.2) is 41.7 Å². The molecule has 1 aromatic carbocycles. The van der Waals surface area contributed by atoms with Gasteiger partial charge in [0.1, 0.15) is 6.04 Å². The standard InChI is InChI=1S/C13H11ClF3N3O3S/c1-23-10-6-19-11(7-18-10)24(21,22)20-12(13(15,16)17)8-2-4-9(14)5-3-8/h2-7,12,20H,1H3/t12-/m1/s1. The second-order valence-electron chi connectivity index (χ2n) is 4.54. The number of nitrogens with zero attached hydrogens (tertiary/aromatic N) is 2. The van der Waals surface area contributed by atoms with Crippen LogP contribution in [0.5, 0.6) is 5.88 Å². The third kappa shape index (κ3) is 4.34. The summed E-state index contributed by atoms with van der Waals surface area (Å²) in [4.78, 5) is 7.15. The van der Waals surface area contributed by atoms with Crippen molar-refractivity contribution in [3.63, 3.8) is 0 Å². The molecule has 1 atom stereocenters. The fraction of sp³-hybridized carbons (Fsp3) is 0.231. The zero-order valence-electron chi connectivity index (χ0n) is 12.1. The van der Waals surface area contributed by atoms with Crippen LogP contribution in [0.4, 0.5) is 13.2 Å². The highest BCUT2D eigenvalue weighted by atomic mass is 35.5. The molecule has 0 radical (unpaired) electrons. The van der Waals surface area contributed by atoms with Crippen molar-refractivity contribution in [2.75, 3.05) is 7.11 Å². The number of hydrogen-bond acceptors (Lipinski definition) is 5. The molecule has 2 aromatic rings. The van der Waals surface area contributed by atoms with Crippen molar-refractivity contribution in [1.82, 2.24) is 14.7 Å². The van der Waals surface area contributed by atoms with E-state index >= 15 is 0 Å². The van der Waals surface area contributed by atoms with E-state index in [4.69, 9.17) is 16.3 Å². The number of nitrogens with one attached hydrogen (secondary N) is 1. The van der Waals surface area contributed by atoms with Gasteiger partial charge >= 0.3 is 6.18 Å². The van der Waals surface area contributed by atoms with Crippen LogP contribution in [0.1, 0.15) is 11.6 Å². The first kappa shape index (κ1) is 18.4. The van der Waals surface area contributed by atoms with Crippen LogP contribution in [0, 0.1) is 0 Å². The number of methoxy groups -OCH3 is 1. The molecule has 0 spiro atoms. The summed E-state index contributed by atoms with van der Waals surface area (Å²) in [7, 11) is -3.27. The molecule has 0 saturated carbocycles. The largest absolute Gasteiger partial charge is 0.480 e. The Balaban J connectivity index is 2.35. The molecule has 11 heteroatoms. The Morgan fingerprint density at radius 1 is 1.17 bits per heavy atom. The summed E-state index contributed by atoms with van der Waals surface area (Å²) in [5.74, 6) is 0.0269. The van der Waals surface area contributed by atoms with E-state index in [2.05, 4.69) is 9.97 Å². The summed E-state index contributed by atoms with van der Waals surface area (Å²) in [6.07, 6.45) is -3.07. The fourth-order valence-corrected chi connectivity index (χ4v) is 2.95. The molecule has 24 heavy (non-hydrogen) atoms. The third-order valence-corrected chi connectivity index (χ3v) is 4.45. The maximum Gasteiger partial charge on any atom is 0.408 e. The first-order valence-electron chi connectivity index (χ1n) is 6.34. The molecular formula is C13H11ClF3N3O3S. The summed E-state index contributed by atoms with van der Waals surface area (Å²) in [6, 6.07) is 2.18. The quantitative estimate of drug-likeness (QED) is 0.861. The number of rotatable bonds is 5. The molecule has 0 aliphatic rings.